The third-order valence-corrected chi connectivity index (χ3v) is 6.57. The molecule has 0 N–H and O–H groups in total. The molecule has 0 fully saturated rings. The van der Waals surface area contributed by atoms with Crippen molar-refractivity contribution in [2.24, 2.45) is 0 Å². The molecule has 2 rings (SSSR count). The molecule has 2 aromatic rings. The molecule has 160 valence electrons. The summed E-state index contributed by atoms with van der Waals surface area (Å²) in [5, 5.41) is 0. The predicted molar refractivity (Wildman–Crippen MR) is 130 cm³/mol. The lowest BCUT2D eigenvalue weighted by Crippen LogP contribution is -2.28. The van der Waals surface area contributed by atoms with Crippen LogP contribution in [0, 0.1) is 0 Å². The van der Waals surface area contributed by atoms with Crippen molar-refractivity contribution in [2.75, 3.05) is 0 Å². The van der Waals surface area contributed by atoms with Gasteiger partial charge in [0.1, 0.15) is 0 Å². The van der Waals surface area contributed by atoms with Crippen molar-refractivity contribution in [1.29, 1.82) is 0 Å². The van der Waals surface area contributed by atoms with E-state index >= 15 is 0 Å². The number of benzene rings is 2. The van der Waals surface area contributed by atoms with Crippen molar-refractivity contribution in [3.8, 4) is 0 Å². The molecule has 0 bridgehead atoms. The van der Waals surface area contributed by atoms with Crippen molar-refractivity contribution < 1.29 is 0 Å². The third kappa shape index (κ3) is 8.00. The molecule has 0 saturated carbocycles. The maximum Gasteiger partial charge on any atom is 0.0202 e. The molecule has 0 saturated heterocycles. The van der Waals surface area contributed by atoms with Crippen molar-refractivity contribution in [3.63, 3.8) is 0 Å². The van der Waals surface area contributed by atoms with Crippen molar-refractivity contribution >= 4 is 0 Å². The molecule has 0 spiro atoms. The van der Waals surface area contributed by atoms with Gasteiger partial charge in [0.2, 0.25) is 0 Å². The van der Waals surface area contributed by atoms with E-state index in [0.717, 1.165) is 0 Å². The molecule has 0 amide bonds. The fourth-order valence-electron chi connectivity index (χ4n) is 4.80. The Balaban J connectivity index is 2.13. The van der Waals surface area contributed by atoms with E-state index in [2.05, 4.69) is 74.5 Å². The lowest BCUT2D eigenvalue weighted by Gasteiger charge is -2.36. The fourth-order valence-corrected chi connectivity index (χ4v) is 4.80. The zero-order valence-electron chi connectivity index (χ0n) is 19.2. The van der Waals surface area contributed by atoms with Gasteiger partial charge in [-0.15, -0.1) is 0 Å². The molecular weight excluding hydrogens is 348 g/mol. The quantitative estimate of drug-likeness (QED) is 0.249. The van der Waals surface area contributed by atoms with Crippen LogP contribution in [0.5, 0.6) is 0 Å². The van der Waals surface area contributed by atoms with Crippen molar-refractivity contribution in [3.05, 3.63) is 71.8 Å². The SMILES string of the molecule is CCCCCCCCC(CCCCCCCC)(c1ccccc1)c1ccccc1. The molecule has 29 heavy (non-hydrogen) atoms. The summed E-state index contributed by atoms with van der Waals surface area (Å²) in [5.41, 5.74) is 3.22. The standard InChI is InChI=1S/C29H44/c1-3-5-7-9-11-19-25-29(27-21-15-13-16-22-27,28-23-17-14-18-24-28)26-20-12-10-8-6-4-2/h13-18,21-24H,3-12,19-20,25-26H2,1-2H3. The molecule has 0 heterocycles. The number of hydrogen-bond acceptors (Lipinski definition) is 0. The Bertz CT molecular complexity index is 556. The molecule has 0 radical (unpaired) electrons. The van der Waals surface area contributed by atoms with Gasteiger partial charge in [-0.25, -0.2) is 0 Å². The van der Waals surface area contributed by atoms with Gasteiger partial charge < -0.3 is 0 Å². The van der Waals surface area contributed by atoms with E-state index in [-0.39, 0.29) is 5.41 Å². The van der Waals surface area contributed by atoms with Gasteiger partial charge >= 0.3 is 0 Å². The molecule has 0 atom stereocenters. The first-order chi connectivity index (χ1) is 14.3. The third-order valence-electron chi connectivity index (χ3n) is 6.57. The topological polar surface area (TPSA) is 0 Å². The smallest absolute Gasteiger partial charge is 0.0202 e. The minimum Gasteiger partial charge on any atom is -0.0654 e. The van der Waals surface area contributed by atoms with Gasteiger partial charge in [0.15, 0.2) is 0 Å². The van der Waals surface area contributed by atoms with Gasteiger partial charge in [-0.3, -0.25) is 0 Å². The first kappa shape index (κ1) is 23.7. The molecule has 0 aliphatic heterocycles. The van der Waals surface area contributed by atoms with Crippen LogP contribution >= 0.6 is 0 Å². The number of rotatable bonds is 16. The molecule has 2 aromatic carbocycles. The highest BCUT2D eigenvalue weighted by molar-refractivity contribution is 5.39. The Morgan fingerprint density at radius 1 is 0.448 bits per heavy atom. The van der Waals surface area contributed by atoms with Gasteiger partial charge in [-0.2, -0.15) is 0 Å². The normalized spacial score (nSPS) is 11.7. The van der Waals surface area contributed by atoms with E-state index < -0.39 is 0 Å². The van der Waals surface area contributed by atoms with Crippen LogP contribution in [-0.4, -0.2) is 0 Å². The fraction of sp³-hybridized carbons (Fsp3) is 0.586. The van der Waals surface area contributed by atoms with E-state index in [1.165, 1.54) is 101 Å². The number of hydrogen-bond donors (Lipinski definition) is 0. The molecule has 0 aliphatic rings. The zero-order chi connectivity index (χ0) is 20.6. The molecule has 0 nitrogen and oxygen atoms in total. The molecule has 0 unspecified atom stereocenters. The average Bonchev–Trinajstić information content (AvgIpc) is 2.78. The van der Waals surface area contributed by atoms with E-state index in [4.69, 9.17) is 0 Å². The Labute approximate surface area is 181 Å². The summed E-state index contributed by atoms with van der Waals surface area (Å²) >= 11 is 0. The Kier molecular flexibility index (Phi) is 11.8. The summed E-state index contributed by atoms with van der Waals surface area (Å²) < 4.78 is 0. The van der Waals surface area contributed by atoms with Gasteiger partial charge in [0.25, 0.3) is 0 Å². The van der Waals surface area contributed by atoms with Gasteiger partial charge in [0.05, 0.1) is 0 Å². The lowest BCUT2D eigenvalue weighted by molar-refractivity contribution is 0.390. The highest BCUT2D eigenvalue weighted by Crippen LogP contribution is 2.42. The molecule has 0 aliphatic carbocycles. The molecule has 0 aromatic heterocycles. The summed E-state index contributed by atoms with van der Waals surface area (Å²) in [7, 11) is 0. The number of unbranched alkanes of at least 4 members (excludes halogenated alkanes) is 10. The van der Waals surface area contributed by atoms with Gasteiger partial charge in [0, 0.05) is 5.41 Å². The summed E-state index contributed by atoms with van der Waals surface area (Å²) in [6.45, 7) is 4.60. The maximum absolute atomic E-state index is 2.38. The first-order valence-electron chi connectivity index (χ1n) is 12.4. The summed E-state index contributed by atoms with van der Waals surface area (Å²) in [5.74, 6) is 0. The Morgan fingerprint density at radius 2 is 0.793 bits per heavy atom. The average molecular weight is 393 g/mol. The Hall–Kier alpha value is -1.56. The van der Waals surface area contributed by atoms with Crippen LogP contribution in [-0.2, 0) is 5.41 Å². The Morgan fingerprint density at radius 3 is 1.17 bits per heavy atom. The van der Waals surface area contributed by atoms with Gasteiger partial charge in [-0.1, -0.05) is 152 Å². The van der Waals surface area contributed by atoms with Crippen LogP contribution in [0.15, 0.2) is 60.7 Å². The predicted octanol–water partition coefficient (Wildman–Crippen LogP) is 9.47. The second-order valence-electron chi connectivity index (χ2n) is 8.85. The first-order valence-corrected chi connectivity index (χ1v) is 12.4. The van der Waals surface area contributed by atoms with E-state index in [0.29, 0.717) is 0 Å². The van der Waals surface area contributed by atoms with Crippen LogP contribution in [0.1, 0.15) is 115 Å². The maximum atomic E-state index is 2.38. The van der Waals surface area contributed by atoms with Crippen LogP contribution in [0.3, 0.4) is 0 Å². The highest BCUT2D eigenvalue weighted by Gasteiger charge is 2.32. The van der Waals surface area contributed by atoms with Gasteiger partial charge in [-0.05, 0) is 24.0 Å². The monoisotopic (exact) mass is 392 g/mol. The van der Waals surface area contributed by atoms with Crippen LogP contribution in [0.4, 0.5) is 0 Å². The zero-order valence-corrected chi connectivity index (χ0v) is 19.2. The molecular formula is C29H44. The van der Waals surface area contributed by atoms with Crippen molar-refractivity contribution in [2.45, 2.75) is 109 Å². The van der Waals surface area contributed by atoms with Crippen LogP contribution in [0.25, 0.3) is 0 Å². The largest absolute Gasteiger partial charge is 0.0654 e. The molecule has 0 heteroatoms. The van der Waals surface area contributed by atoms with Crippen molar-refractivity contribution in [1.82, 2.24) is 0 Å². The second kappa shape index (κ2) is 14.4. The minimum absolute atomic E-state index is 0.179. The van der Waals surface area contributed by atoms with Crippen LogP contribution in [0.2, 0.25) is 0 Å². The lowest BCUT2D eigenvalue weighted by atomic mass is 9.68. The summed E-state index contributed by atoms with van der Waals surface area (Å²) in [6, 6.07) is 22.8. The minimum atomic E-state index is 0.179. The summed E-state index contributed by atoms with van der Waals surface area (Å²) in [4.78, 5) is 0. The van der Waals surface area contributed by atoms with E-state index in [1.54, 1.807) is 0 Å². The van der Waals surface area contributed by atoms with E-state index in [1.807, 2.05) is 0 Å². The van der Waals surface area contributed by atoms with E-state index in [9.17, 15) is 0 Å². The summed E-state index contributed by atoms with van der Waals surface area (Å²) in [6.07, 6.45) is 19.0. The second-order valence-corrected chi connectivity index (χ2v) is 8.85. The van der Waals surface area contributed by atoms with Crippen LogP contribution < -0.4 is 0 Å². The highest BCUT2D eigenvalue weighted by atomic mass is 14.4.